The number of rotatable bonds is 5. The van der Waals surface area contributed by atoms with Gasteiger partial charge in [0.25, 0.3) is 11.8 Å². The van der Waals surface area contributed by atoms with Crippen LogP contribution in [0.3, 0.4) is 0 Å². The summed E-state index contributed by atoms with van der Waals surface area (Å²) >= 11 is 0. The lowest BCUT2D eigenvalue weighted by Gasteiger charge is -2.08. The molecule has 2 aromatic rings. The molecule has 2 N–H and O–H groups in total. The van der Waals surface area contributed by atoms with E-state index in [1.54, 1.807) is 25.2 Å². The first kappa shape index (κ1) is 16.2. The maximum atomic E-state index is 12.3. The molecule has 0 atom stereocenters. The number of anilines is 1. The van der Waals surface area contributed by atoms with Gasteiger partial charge in [-0.05, 0) is 24.6 Å². The smallest absolute Gasteiger partial charge is 0.271 e. The van der Waals surface area contributed by atoms with Crippen molar-refractivity contribution in [3.63, 3.8) is 0 Å². The highest BCUT2D eigenvalue weighted by Gasteiger charge is 2.18. The standard InChI is InChI=1S/C16H17N5O2/c1-3-7-18-16(23)14-13(10-19-21(14)2)20-15(22)12-6-4-5-11(8-12)9-17/h4-6,8,10H,3,7H2,1-2H3,(H,18,23)(H,20,22). The number of hydrogen-bond donors (Lipinski definition) is 2. The van der Waals surface area contributed by atoms with Crippen molar-refractivity contribution >= 4 is 17.5 Å². The van der Waals surface area contributed by atoms with Crippen molar-refractivity contribution in [3.05, 3.63) is 47.3 Å². The zero-order valence-electron chi connectivity index (χ0n) is 13.0. The summed E-state index contributed by atoms with van der Waals surface area (Å²) in [6.45, 7) is 2.50. The number of amides is 2. The monoisotopic (exact) mass is 311 g/mol. The molecule has 0 spiro atoms. The topological polar surface area (TPSA) is 99.8 Å². The molecule has 0 aliphatic heterocycles. The predicted octanol–water partition coefficient (Wildman–Crippen LogP) is 1.68. The fraction of sp³-hybridized carbons (Fsp3) is 0.250. The van der Waals surface area contributed by atoms with E-state index >= 15 is 0 Å². The maximum absolute atomic E-state index is 12.3. The van der Waals surface area contributed by atoms with Crippen LogP contribution in [0.2, 0.25) is 0 Å². The Hall–Kier alpha value is -3.14. The SMILES string of the molecule is CCCNC(=O)c1c(NC(=O)c2cccc(C#N)c2)cnn1C. The Labute approximate surface area is 133 Å². The van der Waals surface area contributed by atoms with Crippen molar-refractivity contribution in [1.29, 1.82) is 5.26 Å². The fourth-order valence-electron chi connectivity index (χ4n) is 2.04. The van der Waals surface area contributed by atoms with Crippen molar-refractivity contribution in [2.24, 2.45) is 7.05 Å². The summed E-state index contributed by atoms with van der Waals surface area (Å²) in [5.74, 6) is -0.701. The molecule has 1 aromatic carbocycles. The molecule has 0 fully saturated rings. The van der Waals surface area contributed by atoms with E-state index in [0.29, 0.717) is 23.4 Å². The average Bonchev–Trinajstić information content (AvgIpc) is 2.93. The highest BCUT2D eigenvalue weighted by molar-refractivity contribution is 6.08. The van der Waals surface area contributed by atoms with Crippen molar-refractivity contribution in [1.82, 2.24) is 15.1 Å². The van der Waals surface area contributed by atoms with Crippen LogP contribution in [0.1, 0.15) is 39.8 Å². The van der Waals surface area contributed by atoms with Gasteiger partial charge in [-0.1, -0.05) is 13.0 Å². The molecule has 118 valence electrons. The lowest BCUT2D eigenvalue weighted by Crippen LogP contribution is -2.27. The predicted molar refractivity (Wildman–Crippen MR) is 84.9 cm³/mol. The molecule has 2 amide bonds. The van der Waals surface area contributed by atoms with Gasteiger partial charge in [0.1, 0.15) is 5.69 Å². The van der Waals surface area contributed by atoms with Gasteiger partial charge in [0.05, 0.1) is 23.5 Å². The van der Waals surface area contributed by atoms with Gasteiger partial charge in [-0.2, -0.15) is 10.4 Å². The molecule has 0 bridgehead atoms. The van der Waals surface area contributed by atoms with Gasteiger partial charge in [0.2, 0.25) is 0 Å². The molecular weight excluding hydrogens is 294 g/mol. The zero-order valence-corrected chi connectivity index (χ0v) is 13.0. The van der Waals surface area contributed by atoms with Crippen LogP contribution < -0.4 is 10.6 Å². The van der Waals surface area contributed by atoms with Crippen LogP contribution in [-0.4, -0.2) is 28.1 Å². The second kappa shape index (κ2) is 7.22. The molecule has 0 saturated heterocycles. The van der Waals surface area contributed by atoms with E-state index < -0.39 is 5.91 Å². The molecule has 2 rings (SSSR count). The normalized spacial score (nSPS) is 9.96. The second-order valence-electron chi connectivity index (χ2n) is 4.93. The number of carbonyl (C=O) groups excluding carboxylic acids is 2. The van der Waals surface area contributed by atoms with Crippen molar-refractivity contribution in [3.8, 4) is 6.07 Å². The van der Waals surface area contributed by atoms with E-state index in [1.165, 1.54) is 16.9 Å². The van der Waals surface area contributed by atoms with Crippen LogP contribution in [-0.2, 0) is 7.05 Å². The quantitative estimate of drug-likeness (QED) is 0.877. The summed E-state index contributed by atoms with van der Waals surface area (Å²) in [7, 11) is 1.63. The second-order valence-corrected chi connectivity index (χ2v) is 4.93. The Morgan fingerprint density at radius 2 is 2.13 bits per heavy atom. The van der Waals surface area contributed by atoms with Crippen LogP contribution in [0.25, 0.3) is 0 Å². The first-order valence-electron chi connectivity index (χ1n) is 7.18. The fourth-order valence-corrected chi connectivity index (χ4v) is 2.04. The number of aromatic nitrogens is 2. The number of nitriles is 1. The Kier molecular flexibility index (Phi) is 5.10. The summed E-state index contributed by atoms with van der Waals surface area (Å²) in [6.07, 6.45) is 2.24. The molecule has 0 aliphatic rings. The lowest BCUT2D eigenvalue weighted by atomic mass is 10.1. The Morgan fingerprint density at radius 1 is 1.35 bits per heavy atom. The lowest BCUT2D eigenvalue weighted by molar-refractivity contribution is 0.0945. The van der Waals surface area contributed by atoms with E-state index in [2.05, 4.69) is 15.7 Å². The van der Waals surface area contributed by atoms with E-state index in [9.17, 15) is 9.59 Å². The maximum Gasteiger partial charge on any atom is 0.271 e. The van der Waals surface area contributed by atoms with Gasteiger partial charge in [-0.3, -0.25) is 14.3 Å². The Balaban J connectivity index is 2.21. The summed E-state index contributed by atoms with van der Waals surface area (Å²) in [5.41, 5.74) is 1.34. The number of nitrogens with one attached hydrogen (secondary N) is 2. The summed E-state index contributed by atoms with van der Waals surface area (Å²) < 4.78 is 1.41. The van der Waals surface area contributed by atoms with Crippen molar-refractivity contribution in [2.45, 2.75) is 13.3 Å². The molecule has 7 nitrogen and oxygen atoms in total. The third-order valence-electron chi connectivity index (χ3n) is 3.19. The average molecular weight is 311 g/mol. The van der Waals surface area contributed by atoms with Crippen LogP contribution in [0.15, 0.2) is 30.5 Å². The number of nitrogens with zero attached hydrogens (tertiary/aromatic N) is 3. The molecule has 0 saturated carbocycles. The number of carbonyl (C=O) groups is 2. The molecule has 23 heavy (non-hydrogen) atoms. The van der Waals surface area contributed by atoms with Gasteiger partial charge in [-0.15, -0.1) is 0 Å². The summed E-state index contributed by atoms with van der Waals surface area (Å²) in [5, 5.41) is 18.3. The van der Waals surface area contributed by atoms with Crippen LogP contribution in [0, 0.1) is 11.3 Å². The highest BCUT2D eigenvalue weighted by atomic mass is 16.2. The third kappa shape index (κ3) is 3.74. The van der Waals surface area contributed by atoms with Crippen molar-refractivity contribution < 1.29 is 9.59 Å². The van der Waals surface area contributed by atoms with Gasteiger partial charge in [0.15, 0.2) is 0 Å². The number of aryl methyl sites for hydroxylation is 1. The van der Waals surface area contributed by atoms with E-state index in [0.717, 1.165) is 6.42 Å². The minimum absolute atomic E-state index is 0.281. The molecule has 0 unspecified atom stereocenters. The largest absolute Gasteiger partial charge is 0.351 e. The first-order valence-corrected chi connectivity index (χ1v) is 7.18. The highest BCUT2D eigenvalue weighted by Crippen LogP contribution is 2.16. The minimum atomic E-state index is -0.403. The Morgan fingerprint density at radius 3 is 2.83 bits per heavy atom. The summed E-state index contributed by atoms with van der Waals surface area (Å²) in [6, 6.07) is 8.32. The molecule has 1 aromatic heterocycles. The van der Waals surface area contributed by atoms with Gasteiger partial charge < -0.3 is 10.6 Å². The number of hydrogen-bond acceptors (Lipinski definition) is 4. The molecule has 1 heterocycles. The van der Waals surface area contributed by atoms with Crippen LogP contribution in [0.5, 0.6) is 0 Å². The van der Waals surface area contributed by atoms with Crippen LogP contribution >= 0.6 is 0 Å². The summed E-state index contributed by atoms with van der Waals surface area (Å²) in [4.78, 5) is 24.4. The first-order chi connectivity index (χ1) is 11.1. The Bertz CT molecular complexity index is 773. The molecular formula is C16H17N5O2. The van der Waals surface area contributed by atoms with Crippen LogP contribution in [0.4, 0.5) is 5.69 Å². The van der Waals surface area contributed by atoms with Gasteiger partial charge in [-0.25, -0.2) is 0 Å². The van der Waals surface area contributed by atoms with Crippen molar-refractivity contribution in [2.75, 3.05) is 11.9 Å². The van der Waals surface area contributed by atoms with E-state index in [1.807, 2.05) is 13.0 Å². The minimum Gasteiger partial charge on any atom is -0.351 e. The number of benzene rings is 1. The zero-order chi connectivity index (χ0) is 16.8. The van der Waals surface area contributed by atoms with Gasteiger partial charge in [0, 0.05) is 19.2 Å². The molecule has 7 heteroatoms. The van der Waals surface area contributed by atoms with Gasteiger partial charge >= 0.3 is 0 Å². The molecule has 0 radical (unpaired) electrons. The van der Waals surface area contributed by atoms with E-state index in [4.69, 9.17) is 5.26 Å². The van der Waals surface area contributed by atoms with E-state index in [-0.39, 0.29) is 11.6 Å². The third-order valence-corrected chi connectivity index (χ3v) is 3.19. The molecule has 0 aliphatic carbocycles.